The minimum Gasteiger partial charge on any atom is -0.361 e. The molecule has 0 spiro atoms. The second kappa shape index (κ2) is 5.69. The van der Waals surface area contributed by atoms with Crippen molar-refractivity contribution in [3.63, 3.8) is 0 Å². The Hall–Kier alpha value is -1.36. The Kier molecular flexibility index (Phi) is 4.02. The standard InChI is InChI=1S/C18H26N2O2/c1-17(2,20-11-14-12-21-18(3,4)22-14)9-13-10-19-16-8-6-5-7-15(13)16/h5-8,10,14,19-20H,9,11-12H2,1-4H3/t14-/m0/s1. The molecule has 1 aromatic heterocycles. The van der Waals surface area contributed by atoms with Gasteiger partial charge in [0.25, 0.3) is 0 Å². The van der Waals surface area contributed by atoms with Crippen LogP contribution in [-0.4, -0.2) is 35.6 Å². The second-order valence-electron chi connectivity index (χ2n) is 7.25. The van der Waals surface area contributed by atoms with Crippen LogP contribution in [0.2, 0.25) is 0 Å². The van der Waals surface area contributed by atoms with E-state index in [1.807, 2.05) is 13.8 Å². The van der Waals surface area contributed by atoms with Crippen LogP contribution in [0.15, 0.2) is 30.5 Å². The number of aromatic amines is 1. The van der Waals surface area contributed by atoms with Crippen LogP contribution in [0.4, 0.5) is 0 Å². The van der Waals surface area contributed by atoms with Crippen molar-refractivity contribution in [3.8, 4) is 0 Å². The van der Waals surface area contributed by atoms with Gasteiger partial charge in [-0.3, -0.25) is 0 Å². The number of hydrogen-bond donors (Lipinski definition) is 2. The zero-order valence-corrected chi connectivity index (χ0v) is 13.9. The van der Waals surface area contributed by atoms with Crippen LogP contribution in [0, 0.1) is 0 Å². The average Bonchev–Trinajstić information content (AvgIpc) is 3.00. The van der Waals surface area contributed by atoms with Crippen molar-refractivity contribution in [2.45, 2.75) is 51.5 Å². The molecule has 0 radical (unpaired) electrons. The molecular formula is C18H26N2O2. The highest BCUT2D eigenvalue weighted by atomic mass is 16.7. The lowest BCUT2D eigenvalue weighted by Crippen LogP contribution is -2.45. The van der Waals surface area contributed by atoms with Gasteiger partial charge < -0.3 is 19.8 Å². The van der Waals surface area contributed by atoms with Gasteiger partial charge in [-0.05, 0) is 45.7 Å². The Morgan fingerprint density at radius 2 is 2.09 bits per heavy atom. The van der Waals surface area contributed by atoms with Crippen LogP contribution in [0.3, 0.4) is 0 Å². The van der Waals surface area contributed by atoms with Gasteiger partial charge in [0.2, 0.25) is 0 Å². The lowest BCUT2D eigenvalue weighted by Gasteiger charge is -2.28. The molecule has 1 fully saturated rings. The van der Waals surface area contributed by atoms with Crippen molar-refractivity contribution in [1.82, 2.24) is 10.3 Å². The fourth-order valence-corrected chi connectivity index (χ4v) is 3.07. The number of rotatable bonds is 5. The molecule has 0 saturated carbocycles. The van der Waals surface area contributed by atoms with Crippen LogP contribution in [0.5, 0.6) is 0 Å². The van der Waals surface area contributed by atoms with Crippen molar-refractivity contribution in [3.05, 3.63) is 36.0 Å². The largest absolute Gasteiger partial charge is 0.361 e. The summed E-state index contributed by atoms with van der Waals surface area (Å²) in [4.78, 5) is 3.35. The Bertz CT molecular complexity index is 645. The lowest BCUT2D eigenvalue weighted by atomic mass is 9.94. The van der Waals surface area contributed by atoms with Gasteiger partial charge in [0, 0.05) is 29.2 Å². The molecule has 22 heavy (non-hydrogen) atoms. The SMILES string of the molecule is CC(C)(Cc1c[nH]c2ccccc12)NC[C@H]1COC(C)(C)O1. The van der Waals surface area contributed by atoms with Gasteiger partial charge in [-0.2, -0.15) is 0 Å². The summed E-state index contributed by atoms with van der Waals surface area (Å²) in [6, 6.07) is 8.44. The number of fused-ring (bicyclic) bond motifs is 1. The van der Waals surface area contributed by atoms with Gasteiger partial charge in [0.05, 0.1) is 12.7 Å². The third-order valence-electron chi connectivity index (χ3n) is 4.18. The predicted molar refractivity (Wildman–Crippen MR) is 89.0 cm³/mol. The summed E-state index contributed by atoms with van der Waals surface area (Å²) >= 11 is 0. The Morgan fingerprint density at radius 1 is 1.32 bits per heavy atom. The van der Waals surface area contributed by atoms with Crippen molar-refractivity contribution in [2.24, 2.45) is 0 Å². The van der Waals surface area contributed by atoms with Crippen molar-refractivity contribution >= 4 is 10.9 Å². The zero-order chi connectivity index (χ0) is 15.8. The first-order valence-electron chi connectivity index (χ1n) is 7.96. The molecule has 0 amide bonds. The number of ether oxygens (including phenoxy) is 2. The molecule has 0 bridgehead atoms. The molecule has 3 rings (SSSR count). The highest BCUT2D eigenvalue weighted by molar-refractivity contribution is 5.83. The monoisotopic (exact) mass is 302 g/mol. The molecule has 1 aromatic carbocycles. The minimum absolute atomic E-state index is 0.00105. The Balaban J connectivity index is 1.61. The number of para-hydroxylation sites is 1. The maximum absolute atomic E-state index is 5.86. The molecule has 2 N–H and O–H groups in total. The van der Waals surface area contributed by atoms with Crippen LogP contribution in [0.25, 0.3) is 10.9 Å². The van der Waals surface area contributed by atoms with Crippen molar-refractivity contribution < 1.29 is 9.47 Å². The van der Waals surface area contributed by atoms with E-state index in [0.29, 0.717) is 6.61 Å². The first kappa shape index (κ1) is 15.5. The van der Waals surface area contributed by atoms with E-state index in [0.717, 1.165) is 13.0 Å². The molecule has 0 aliphatic carbocycles. The van der Waals surface area contributed by atoms with Gasteiger partial charge in [-0.15, -0.1) is 0 Å². The van der Waals surface area contributed by atoms with E-state index >= 15 is 0 Å². The van der Waals surface area contributed by atoms with Gasteiger partial charge >= 0.3 is 0 Å². The number of H-pyrrole nitrogens is 1. The molecule has 4 nitrogen and oxygen atoms in total. The smallest absolute Gasteiger partial charge is 0.163 e. The summed E-state index contributed by atoms with van der Waals surface area (Å²) < 4.78 is 11.5. The fourth-order valence-electron chi connectivity index (χ4n) is 3.07. The summed E-state index contributed by atoms with van der Waals surface area (Å²) in [7, 11) is 0. The minimum atomic E-state index is -0.451. The summed E-state index contributed by atoms with van der Waals surface area (Å²) in [6.07, 6.45) is 3.21. The lowest BCUT2D eigenvalue weighted by molar-refractivity contribution is -0.138. The van der Waals surface area contributed by atoms with Gasteiger partial charge in [-0.25, -0.2) is 0 Å². The van der Waals surface area contributed by atoms with Gasteiger partial charge in [0.15, 0.2) is 5.79 Å². The van der Waals surface area contributed by atoms with Crippen LogP contribution in [-0.2, 0) is 15.9 Å². The number of nitrogens with one attached hydrogen (secondary N) is 2. The maximum Gasteiger partial charge on any atom is 0.163 e. The first-order valence-corrected chi connectivity index (χ1v) is 7.96. The second-order valence-corrected chi connectivity index (χ2v) is 7.25. The summed E-state index contributed by atoms with van der Waals surface area (Å²) in [6.45, 7) is 9.85. The third-order valence-corrected chi connectivity index (χ3v) is 4.18. The van der Waals surface area contributed by atoms with Crippen LogP contribution in [0.1, 0.15) is 33.3 Å². The molecule has 1 aliphatic heterocycles. The predicted octanol–water partition coefficient (Wildman–Crippen LogP) is 3.23. The molecule has 0 unspecified atom stereocenters. The molecule has 2 aromatic rings. The van der Waals surface area contributed by atoms with Crippen molar-refractivity contribution in [1.29, 1.82) is 0 Å². The van der Waals surface area contributed by atoms with Crippen LogP contribution < -0.4 is 5.32 Å². The normalized spacial score (nSPS) is 21.5. The maximum atomic E-state index is 5.86. The Morgan fingerprint density at radius 3 is 2.82 bits per heavy atom. The highest BCUT2D eigenvalue weighted by Crippen LogP contribution is 2.24. The first-order chi connectivity index (χ1) is 10.3. The van der Waals surface area contributed by atoms with Gasteiger partial charge in [0.1, 0.15) is 0 Å². The molecule has 120 valence electrons. The zero-order valence-electron chi connectivity index (χ0n) is 13.9. The Labute approximate surface area is 132 Å². The molecule has 1 saturated heterocycles. The van der Waals surface area contributed by atoms with Crippen LogP contribution >= 0.6 is 0 Å². The van der Waals surface area contributed by atoms with E-state index in [1.54, 1.807) is 0 Å². The number of aromatic nitrogens is 1. The van der Waals surface area contributed by atoms with Crippen molar-refractivity contribution in [2.75, 3.05) is 13.2 Å². The summed E-state index contributed by atoms with van der Waals surface area (Å²) in [5, 5.41) is 4.93. The average molecular weight is 302 g/mol. The fraction of sp³-hybridized carbons (Fsp3) is 0.556. The van der Waals surface area contributed by atoms with E-state index < -0.39 is 5.79 Å². The third kappa shape index (κ3) is 3.51. The summed E-state index contributed by atoms with van der Waals surface area (Å²) in [5.74, 6) is -0.451. The van der Waals surface area contributed by atoms with E-state index in [4.69, 9.17) is 9.47 Å². The molecule has 4 heteroatoms. The molecular weight excluding hydrogens is 276 g/mol. The number of benzene rings is 1. The van der Waals surface area contributed by atoms with E-state index in [-0.39, 0.29) is 11.6 Å². The molecule has 1 aliphatic rings. The number of hydrogen-bond acceptors (Lipinski definition) is 3. The van der Waals surface area contributed by atoms with E-state index in [2.05, 4.69) is 54.6 Å². The summed E-state index contributed by atoms with van der Waals surface area (Å²) in [5.41, 5.74) is 2.54. The van der Waals surface area contributed by atoms with E-state index in [9.17, 15) is 0 Å². The highest BCUT2D eigenvalue weighted by Gasteiger charge is 2.33. The van der Waals surface area contributed by atoms with Gasteiger partial charge in [-0.1, -0.05) is 18.2 Å². The topological polar surface area (TPSA) is 46.3 Å². The quantitative estimate of drug-likeness (QED) is 0.891. The van der Waals surface area contributed by atoms with E-state index in [1.165, 1.54) is 16.5 Å². The molecule has 2 heterocycles. The molecule has 1 atom stereocenters.